The van der Waals surface area contributed by atoms with Gasteiger partial charge in [0.05, 0.1) is 6.20 Å². The van der Waals surface area contributed by atoms with Gasteiger partial charge in [-0.1, -0.05) is 6.42 Å². The fourth-order valence-corrected chi connectivity index (χ4v) is 4.40. The van der Waals surface area contributed by atoms with Crippen LogP contribution in [-0.4, -0.2) is 47.1 Å². The van der Waals surface area contributed by atoms with Crippen molar-refractivity contribution in [3.63, 3.8) is 0 Å². The molecule has 3 aliphatic rings. The minimum atomic E-state index is 0.891. The minimum absolute atomic E-state index is 0.891. The van der Waals surface area contributed by atoms with Gasteiger partial charge in [-0.15, -0.1) is 0 Å². The first-order valence-electron chi connectivity index (χ1n) is 7.65. The van der Waals surface area contributed by atoms with E-state index in [1.807, 2.05) is 6.20 Å². The van der Waals surface area contributed by atoms with Crippen LogP contribution >= 0.6 is 0 Å². The van der Waals surface area contributed by atoms with E-state index in [9.17, 15) is 0 Å². The van der Waals surface area contributed by atoms with Crippen molar-refractivity contribution in [1.82, 2.24) is 14.9 Å². The minimum Gasteiger partial charge on any atom is -0.353 e. The maximum Gasteiger partial charge on any atom is 0.147 e. The van der Waals surface area contributed by atoms with Crippen LogP contribution in [0.3, 0.4) is 0 Å². The standard InChI is InChI=1S/C15H22N4/c1-2-13-9-12(1)10-14(13)18-5-7-19(8-6-18)15-11-16-3-4-17-15/h3-4,11-14H,1-2,5-10H2. The van der Waals surface area contributed by atoms with Crippen LogP contribution in [0, 0.1) is 11.8 Å². The zero-order valence-corrected chi connectivity index (χ0v) is 11.4. The number of fused-ring (bicyclic) bond motifs is 2. The summed E-state index contributed by atoms with van der Waals surface area (Å²) in [5, 5.41) is 0. The van der Waals surface area contributed by atoms with Crippen molar-refractivity contribution < 1.29 is 0 Å². The Labute approximate surface area is 114 Å². The van der Waals surface area contributed by atoms with Gasteiger partial charge < -0.3 is 4.90 Å². The predicted molar refractivity (Wildman–Crippen MR) is 75.1 cm³/mol. The molecule has 2 aliphatic carbocycles. The second-order valence-corrected chi connectivity index (χ2v) is 6.33. The third kappa shape index (κ3) is 2.12. The lowest BCUT2D eigenvalue weighted by atomic mass is 9.93. The lowest BCUT2D eigenvalue weighted by Crippen LogP contribution is -2.52. The van der Waals surface area contributed by atoms with Gasteiger partial charge in [0, 0.05) is 44.6 Å². The second kappa shape index (κ2) is 4.75. The van der Waals surface area contributed by atoms with Crippen molar-refractivity contribution in [2.24, 2.45) is 11.8 Å². The molecule has 2 saturated carbocycles. The Morgan fingerprint density at radius 3 is 2.53 bits per heavy atom. The Hall–Kier alpha value is -1.16. The molecule has 0 radical (unpaired) electrons. The van der Waals surface area contributed by atoms with Gasteiger partial charge in [0.1, 0.15) is 5.82 Å². The number of piperazine rings is 1. The highest BCUT2D eigenvalue weighted by Crippen LogP contribution is 2.46. The summed E-state index contributed by atoms with van der Waals surface area (Å²) in [6.45, 7) is 4.61. The van der Waals surface area contributed by atoms with Crippen LogP contribution in [-0.2, 0) is 0 Å². The van der Waals surface area contributed by atoms with E-state index >= 15 is 0 Å². The number of rotatable bonds is 2. The molecule has 4 rings (SSSR count). The molecule has 0 spiro atoms. The summed E-state index contributed by atoms with van der Waals surface area (Å²) in [5.41, 5.74) is 0. The third-order valence-electron chi connectivity index (χ3n) is 5.36. The Morgan fingerprint density at radius 2 is 1.89 bits per heavy atom. The maximum atomic E-state index is 4.41. The fourth-order valence-electron chi connectivity index (χ4n) is 4.40. The van der Waals surface area contributed by atoms with Crippen LogP contribution in [0.25, 0.3) is 0 Å². The largest absolute Gasteiger partial charge is 0.353 e. The van der Waals surface area contributed by atoms with Crippen LogP contribution in [0.15, 0.2) is 18.6 Å². The van der Waals surface area contributed by atoms with Crippen molar-refractivity contribution >= 4 is 5.82 Å². The highest BCUT2D eigenvalue weighted by atomic mass is 15.3. The van der Waals surface area contributed by atoms with E-state index in [2.05, 4.69) is 19.8 Å². The fraction of sp³-hybridized carbons (Fsp3) is 0.733. The second-order valence-electron chi connectivity index (χ2n) is 6.33. The molecule has 1 aromatic rings. The summed E-state index contributed by atoms with van der Waals surface area (Å²) < 4.78 is 0. The number of anilines is 1. The van der Waals surface area contributed by atoms with E-state index in [0.717, 1.165) is 36.8 Å². The summed E-state index contributed by atoms with van der Waals surface area (Å²) in [4.78, 5) is 13.7. The maximum absolute atomic E-state index is 4.41. The lowest BCUT2D eigenvalue weighted by Gasteiger charge is -2.41. The normalized spacial score (nSPS) is 34.9. The number of hydrogen-bond acceptors (Lipinski definition) is 4. The molecule has 0 aromatic carbocycles. The van der Waals surface area contributed by atoms with E-state index in [4.69, 9.17) is 0 Å². The first-order valence-corrected chi connectivity index (χ1v) is 7.65. The molecule has 3 atom stereocenters. The van der Waals surface area contributed by atoms with Gasteiger partial charge in [0.15, 0.2) is 0 Å². The molecule has 1 aliphatic heterocycles. The topological polar surface area (TPSA) is 32.3 Å². The van der Waals surface area contributed by atoms with Gasteiger partial charge in [-0.2, -0.15) is 0 Å². The van der Waals surface area contributed by atoms with E-state index < -0.39 is 0 Å². The average Bonchev–Trinajstić information content (AvgIpc) is 3.11. The molecule has 102 valence electrons. The van der Waals surface area contributed by atoms with Crippen molar-refractivity contribution in [3.05, 3.63) is 18.6 Å². The Bertz CT molecular complexity index is 427. The zero-order valence-electron chi connectivity index (χ0n) is 11.4. The van der Waals surface area contributed by atoms with Crippen LogP contribution in [0.1, 0.15) is 25.7 Å². The molecule has 2 bridgehead atoms. The van der Waals surface area contributed by atoms with E-state index in [0.29, 0.717) is 0 Å². The third-order valence-corrected chi connectivity index (χ3v) is 5.36. The number of nitrogens with zero attached hydrogens (tertiary/aromatic N) is 4. The summed E-state index contributed by atoms with van der Waals surface area (Å²) >= 11 is 0. The van der Waals surface area contributed by atoms with E-state index in [1.54, 1.807) is 12.4 Å². The first-order chi connectivity index (χ1) is 9.40. The summed E-state index contributed by atoms with van der Waals surface area (Å²) in [6.07, 6.45) is 11.4. The molecule has 1 aromatic heterocycles. The number of hydrogen-bond donors (Lipinski definition) is 0. The van der Waals surface area contributed by atoms with Crippen LogP contribution in [0.5, 0.6) is 0 Å². The molecule has 4 heteroatoms. The Balaban J connectivity index is 1.38. The molecule has 19 heavy (non-hydrogen) atoms. The van der Waals surface area contributed by atoms with Crippen LogP contribution in [0.4, 0.5) is 5.82 Å². The SMILES string of the molecule is c1cnc(N2CCN(C3CC4CCC3C4)CC2)cn1. The molecule has 0 amide bonds. The molecule has 3 unspecified atom stereocenters. The molecular formula is C15H22N4. The Morgan fingerprint density at radius 1 is 1.00 bits per heavy atom. The first kappa shape index (κ1) is 11.6. The molecule has 1 saturated heterocycles. The predicted octanol–water partition coefficient (Wildman–Crippen LogP) is 1.79. The highest BCUT2D eigenvalue weighted by Gasteiger charge is 2.42. The van der Waals surface area contributed by atoms with Crippen molar-refractivity contribution in [2.45, 2.75) is 31.7 Å². The van der Waals surface area contributed by atoms with Gasteiger partial charge in [-0.3, -0.25) is 9.88 Å². The van der Waals surface area contributed by atoms with Gasteiger partial charge in [-0.05, 0) is 31.1 Å². The van der Waals surface area contributed by atoms with E-state index in [1.165, 1.54) is 38.8 Å². The molecular weight excluding hydrogens is 236 g/mol. The van der Waals surface area contributed by atoms with Gasteiger partial charge in [-0.25, -0.2) is 4.98 Å². The Kier molecular flexibility index (Phi) is 2.91. The van der Waals surface area contributed by atoms with Crippen LogP contribution < -0.4 is 4.90 Å². The van der Waals surface area contributed by atoms with Gasteiger partial charge in [0.25, 0.3) is 0 Å². The zero-order chi connectivity index (χ0) is 12.7. The van der Waals surface area contributed by atoms with E-state index in [-0.39, 0.29) is 0 Å². The van der Waals surface area contributed by atoms with Crippen molar-refractivity contribution in [3.8, 4) is 0 Å². The smallest absolute Gasteiger partial charge is 0.147 e. The number of aromatic nitrogens is 2. The highest BCUT2D eigenvalue weighted by molar-refractivity contribution is 5.35. The monoisotopic (exact) mass is 258 g/mol. The average molecular weight is 258 g/mol. The summed E-state index contributed by atoms with van der Waals surface area (Å²) in [7, 11) is 0. The van der Waals surface area contributed by atoms with Crippen molar-refractivity contribution in [2.75, 3.05) is 31.1 Å². The van der Waals surface area contributed by atoms with Crippen LogP contribution in [0.2, 0.25) is 0 Å². The molecule has 4 nitrogen and oxygen atoms in total. The molecule has 0 N–H and O–H groups in total. The summed E-state index contributed by atoms with van der Waals surface area (Å²) in [6, 6.07) is 0.891. The molecule has 3 fully saturated rings. The van der Waals surface area contributed by atoms with Crippen molar-refractivity contribution in [1.29, 1.82) is 0 Å². The lowest BCUT2D eigenvalue weighted by molar-refractivity contribution is 0.134. The van der Waals surface area contributed by atoms with Gasteiger partial charge in [0.2, 0.25) is 0 Å². The van der Waals surface area contributed by atoms with Gasteiger partial charge >= 0.3 is 0 Å². The molecule has 2 heterocycles. The summed E-state index contributed by atoms with van der Waals surface area (Å²) in [5.74, 6) is 3.09. The quantitative estimate of drug-likeness (QED) is 0.809.